The minimum atomic E-state index is -0.468. The third-order valence-electron chi connectivity index (χ3n) is 5.35. The van der Waals surface area contributed by atoms with E-state index in [4.69, 9.17) is 14.2 Å². The van der Waals surface area contributed by atoms with E-state index in [0.29, 0.717) is 6.54 Å². The summed E-state index contributed by atoms with van der Waals surface area (Å²) in [5, 5.41) is 2.78. The van der Waals surface area contributed by atoms with Gasteiger partial charge >= 0.3 is 6.09 Å². The molecule has 0 aliphatic heterocycles. The molecular formula is C29H27NO4. The number of methoxy groups -OCH3 is 1. The second-order valence-corrected chi connectivity index (χ2v) is 7.74. The summed E-state index contributed by atoms with van der Waals surface area (Å²) in [5.41, 5.74) is 4.01. The number of hydrogen-bond donors (Lipinski definition) is 1. The normalized spacial score (nSPS) is 10.5. The molecular weight excluding hydrogens is 426 g/mol. The second-order valence-electron chi connectivity index (χ2n) is 7.74. The van der Waals surface area contributed by atoms with Crippen molar-refractivity contribution in [3.63, 3.8) is 0 Å². The van der Waals surface area contributed by atoms with Gasteiger partial charge in [0.25, 0.3) is 0 Å². The summed E-state index contributed by atoms with van der Waals surface area (Å²) in [6.07, 6.45) is -0.677. The van der Waals surface area contributed by atoms with Gasteiger partial charge in [-0.2, -0.15) is 0 Å². The van der Waals surface area contributed by atoms with Crippen molar-refractivity contribution in [2.75, 3.05) is 7.11 Å². The summed E-state index contributed by atoms with van der Waals surface area (Å²) in [4.78, 5) is 12.1. The number of carbonyl (C=O) groups excluding carboxylic acids is 1. The maximum absolute atomic E-state index is 12.1. The smallest absolute Gasteiger partial charge is 0.407 e. The standard InChI is InChI=1S/C29H27NO4/c1-32-26-16-14-23(15-17-26)21-33-29(31)30-20-22-12-18-27(19-13-22)34-28(24-8-4-2-5-9-24)25-10-6-3-7-11-25/h2-19,28H,20-21H2,1H3,(H,30,31). The van der Waals surface area contributed by atoms with Gasteiger partial charge in [0.05, 0.1) is 7.11 Å². The summed E-state index contributed by atoms with van der Waals surface area (Å²) in [6.45, 7) is 0.561. The lowest BCUT2D eigenvalue weighted by Gasteiger charge is -2.20. The highest BCUT2D eigenvalue weighted by atomic mass is 16.5. The van der Waals surface area contributed by atoms with Crippen molar-refractivity contribution in [2.45, 2.75) is 19.3 Å². The first-order chi connectivity index (χ1) is 16.7. The van der Waals surface area contributed by atoms with Crippen LogP contribution >= 0.6 is 0 Å². The molecule has 0 bridgehead atoms. The Kier molecular flexibility index (Phi) is 7.80. The Bertz CT molecular complexity index is 1120. The Morgan fingerprint density at radius 1 is 0.706 bits per heavy atom. The predicted octanol–water partition coefficient (Wildman–Crippen LogP) is 6.29. The van der Waals surface area contributed by atoms with E-state index in [9.17, 15) is 4.79 Å². The number of ether oxygens (including phenoxy) is 3. The van der Waals surface area contributed by atoms with E-state index < -0.39 is 6.09 Å². The summed E-state index contributed by atoms with van der Waals surface area (Å²) in [5.74, 6) is 1.52. The fourth-order valence-electron chi connectivity index (χ4n) is 3.50. The Labute approximate surface area is 199 Å². The van der Waals surface area contributed by atoms with Crippen LogP contribution in [-0.4, -0.2) is 13.2 Å². The molecule has 0 fully saturated rings. The van der Waals surface area contributed by atoms with Crippen LogP contribution in [-0.2, 0) is 17.9 Å². The van der Waals surface area contributed by atoms with Gasteiger partial charge in [-0.25, -0.2) is 4.79 Å². The third kappa shape index (κ3) is 6.39. The molecule has 0 unspecified atom stereocenters. The average Bonchev–Trinajstić information content (AvgIpc) is 2.91. The average molecular weight is 454 g/mol. The first kappa shape index (κ1) is 22.9. The monoisotopic (exact) mass is 453 g/mol. The molecule has 0 aliphatic rings. The van der Waals surface area contributed by atoms with Crippen LogP contribution in [0.5, 0.6) is 11.5 Å². The van der Waals surface area contributed by atoms with E-state index >= 15 is 0 Å². The number of hydrogen-bond acceptors (Lipinski definition) is 4. The van der Waals surface area contributed by atoms with Gasteiger partial charge in [0.2, 0.25) is 0 Å². The van der Waals surface area contributed by atoms with Crippen molar-refractivity contribution in [1.29, 1.82) is 0 Å². The highest BCUT2D eigenvalue weighted by Crippen LogP contribution is 2.28. The SMILES string of the molecule is COc1ccc(COC(=O)NCc2ccc(OC(c3ccccc3)c3ccccc3)cc2)cc1. The van der Waals surface area contributed by atoms with E-state index in [1.54, 1.807) is 7.11 Å². The first-order valence-corrected chi connectivity index (χ1v) is 11.1. The molecule has 0 aliphatic carbocycles. The van der Waals surface area contributed by atoms with Crippen molar-refractivity contribution in [3.05, 3.63) is 131 Å². The molecule has 0 spiro atoms. The number of nitrogens with one attached hydrogen (secondary N) is 1. The molecule has 1 N–H and O–H groups in total. The van der Waals surface area contributed by atoms with Crippen molar-refractivity contribution >= 4 is 6.09 Å². The summed E-state index contributed by atoms with van der Waals surface area (Å²) < 4.78 is 16.8. The molecule has 1 amide bonds. The molecule has 0 saturated heterocycles. The molecule has 0 atom stereocenters. The van der Waals surface area contributed by atoms with Crippen molar-refractivity contribution in [1.82, 2.24) is 5.32 Å². The Morgan fingerprint density at radius 3 is 1.79 bits per heavy atom. The van der Waals surface area contributed by atoms with Gasteiger partial charge in [0.15, 0.2) is 0 Å². The van der Waals surface area contributed by atoms with Crippen molar-refractivity contribution in [2.24, 2.45) is 0 Å². The van der Waals surface area contributed by atoms with Crippen LogP contribution in [0.3, 0.4) is 0 Å². The van der Waals surface area contributed by atoms with Crippen LogP contribution < -0.4 is 14.8 Å². The largest absolute Gasteiger partial charge is 0.497 e. The highest BCUT2D eigenvalue weighted by Gasteiger charge is 2.15. The Morgan fingerprint density at radius 2 is 1.24 bits per heavy atom. The van der Waals surface area contributed by atoms with E-state index in [1.807, 2.05) is 84.9 Å². The molecule has 0 heterocycles. The molecule has 5 heteroatoms. The molecule has 4 aromatic carbocycles. The van der Waals surface area contributed by atoms with E-state index in [0.717, 1.165) is 33.8 Å². The maximum atomic E-state index is 12.1. The summed E-state index contributed by atoms with van der Waals surface area (Å²) >= 11 is 0. The van der Waals surface area contributed by atoms with Gasteiger partial charge in [-0.1, -0.05) is 84.9 Å². The molecule has 4 aromatic rings. The lowest BCUT2D eigenvalue weighted by Crippen LogP contribution is -2.23. The summed E-state index contributed by atoms with van der Waals surface area (Å²) in [7, 11) is 1.61. The van der Waals surface area contributed by atoms with Gasteiger partial charge in [-0.3, -0.25) is 0 Å². The lowest BCUT2D eigenvalue weighted by molar-refractivity contribution is 0.139. The van der Waals surface area contributed by atoms with Crippen LogP contribution in [0, 0.1) is 0 Å². The zero-order valence-electron chi connectivity index (χ0n) is 19.0. The lowest BCUT2D eigenvalue weighted by atomic mass is 10.0. The van der Waals surface area contributed by atoms with Crippen molar-refractivity contribution < 1.29 is 19.0 Å². The second kappa shape index (κ2) is 11.6. The topological polar surface area (TPSA) is 56.8 Å². The predicted molar refractivity (Wildman–Crippen MR) is 132 cm³/mol. The van der Waals surface area contributed by atoms with Gasteiger partial charge in [-0.15, -0.1) is 0 Å². The van der Waals surface area contributed by atoms with E-state index in [1.165, 1.54) is 0 Å². The number of alkyl carbamates (subject to hydrolysis) is 1. The first-order valence-electron chi connectivity index (χ1n) is 11.1. The van der Waals surface area contributed by atoms with Crippen LogP contribution in [0.25, 0.3) is 0 Å². The quantitative estimate of drug-likeness (QED) is 0.324. The molecule has 34 heavy (non-hydrogen) atoms. The van der Waals surface area contributed by atoms with E-state index in [-0.39, 0.29) is 12.7 Å². The van der Waals surface area contributed by atoms with Gasteiger partial charge < -0.3 is 19.5 Å². The van der Waals surface area contributed by atoms with Crippen LogP contribution in [0.2, 0.25) is 0 Å². The molecule has 172 valence electrons. The molecule has 0 radical (unpaired) electrons. The minimum absolute atomic E-state index is 0.197. The van der Waals surface area contributed by atoms with Gasteiger partial charge in [0, 0.05) is 6.54 Å². The minimum Gasteiger partial charge on any atom is -0.497 e. The van der Waals surface area contributed by atoms with Crippen molar-refractivity contribution in [3.8, 4) is 11.5 Å². The van der Waals surface area contributed by atoms with E-state index in [2.05, 4.69) is 29.6 Å². The molecule has 5 nitrogen and oxygen atoms in total. The van der Waals surface area contributed by atoms with Crippen LogP contribution in [0.4, 0.5) is 4.79 Å². The number of amides is 1. The zero-order valence-corrected chi connectivity index (χ0v) is 19.0. The number of carbonyl (C=O) groups is 1. The third-order valence-corrected chi connectivity index (χ3v) is 5.35. The fourth-order valence-corrected chi connectivity index (χ4v) is 3.50. The Hall–Kier alpha value is -4.25. The fraction of sp³-hybridized carbons (Fsp3) is 0.138. The summed E-state index contributed by atoms with van der Waals surface area (Å²) in [6, 6.07) is 35.4. The molecule has 4 rings (SSSR count). The van der Waals surface area contributed by atoms with Crippen LogP contribution in [0.15, 0.2) is 109 Å². The number of benzene rings is 4. The highest BCUT2D eigenvalue weighted by molar-refractivity contribution is 5.67. The number of rotatable bonds is 9. The van der Waals surface area contributed by atoms with Gasteiger partial charge in [-0.05, 0) is 46.5 Å². The molecule has 0 saturated carbocycles. The van der Waals surface area contributed by atoms with Crippen LogP contribution in [0.1, 0.15) is 28.4 Å². The zero-order chi connectivity index (χ0) is 23.6. The maximum Gasteiger partial charge on any atom is 0.407 e. The van der Waals surface area contributed by atoms with Gasteiger partial charge in [0.1, 0.15) is 24.2 Å². The Balaban J connectivity index is 1.31. The molecule has 0 aromatic heterocycles.